The van der Waals surface area contributed by atoms with E-state index in [1.54, 1.807) is 11.7 Å². The van der Waals surface area contributed by atoms with Crippen LogP contribution in [0.1, 0.15) is 25.1 Å². The van der Waals surface area contributed by atoms with Crippen molar-refractivity contribution in [1.29, 1.82) is 0 Å². The molecule has 1 saturated heterocycles. The van der Waals surface area contributed by atoms with Gasteiger partial charge in [0.1, 0.15) is 11.2 Å². The molecule has 1 aliphatic heterocycles. The van der Waals surface area contributed by atoms with Crippen LogP contribution in [0.3, 0.4) is 0 Å². The first kappa shape index (κ1) is 13.3. The molecule has 1 N–H and O–H groups in total. The molecule has 5 rings (SSSR count). The van der Waals surface area contributed by atoms with Gasteiger partial charge in [0.05, 0.1) is 6.20 Å². The number of hydrogen-bond donors (Lipinski definition) is 1. The van der Waals surface area contributed by atoms with Crippen molar-refractivity contribution < 1.29 is 4.79 Å². The number of aromatic nitrogens is 4. The lowest BCUT2D eigenvalue weighted by Gasteiger charge is -2.26. The minimum absolute atomic E-state index is 0.188. The fourth-order valence-corrected chi connectivity index (χ4v) is 4.69. The van der Waals surface area contributed by atoms with E-state index in [1.165, 1.54) is 19.0 Å². The van der Waals surface area contributed by atoms with Crippen molar-refractivity contribution in [2.24, 2.45) is 24.8 Å². The zero-order valence-electron chi connectivity index (χ0n) is 13.0. The van der Waals surface area contributed by atoms with Crippen LogP contribution in [0.25, 0.3) is 11.0 Å². The molecule has 2 saturated carbocycles. The standard InChI is InChI=1S/C16H19N5O2/c1-20-15-11(6-17-20)16(23)19-13(18-15)2-3-14(22)21-7-8-4-12(21)10-5-9(8)10/h6,8-10,12H,2-5,7H2,1H3,(H,18,19,23)/t8-,9-,10-,12-/m0/s1. The van der Waals surface area contributed by atoms with Gasteiger partial charge in [-0.05, 0) is 30.6 Å². The van der Waals surface area contributed by atoms with E-state index in [4.69, 9.17) is 0 Å². The molecule has 23 heavy (non-hydrogen) atoms. The molecule has 0 aromatic carbocycles. The van der Waals surface area contributed by atoms with Crippen molar-refractivity contribution in [2.45, 2.75) is 31.7 Å². The minimum Gasteiger partial charge on any atom is -0.339 e. The summed E-state index contributed by atoms with van der Waals surface area (Å²) in [6.45, 7) is 0.940. The number of hydrogen-bond acceptors (Lipinski definition) is 4. The molecule has 4 atom stereocenters. The van der Waals surface area contributed by atoms with Crippen molar-refractivity contribution in [1.82, 2.24) is 24.6 Å². The highest BCUT2D eigenvalue weighted by atomic mass is 16.2. The van der Waals surface area contributed by atoms with Crippen LogP contribution in [-0.4, -0.2) is 43.1 Å². The van der Waals surface area contributed by atoms with E-state index in [1.807, 2.05) is 0 Å². The lowest BCUT2D eigenvalue weighted by atomic mass is 10.1. The molecule has 0 unspecified atom stereocenters. The number of carbonyl (C=O) groups excluding carboxylic acids is 1. The van der Waals surface area contributed by atoms with E-state index in [2.05, 4.69) is 20.0 Å². The van der Waals surface area contributed by atoms with Gasteiger partial charge in [0, 0.05) is 32.5 Å². The van der Waals surface area contributed by atoms with Crippen molar-refractivity contribution in [3.05, 3.63) is 22.4 Å². The number of carbonyl (C=O) groups is 1. The Hall–Kier alpha value is -2.18. The minimum atomic E-state index is -0.188. The van der Waals surface area contributed by atoms with Crippen molar-refractivity contribution in [3.8, 4) is 0 Å². The summed E-state index contributed by atoms with van der Waals surface area (Å²) in [6.07, 6.45) is 4.93. The Kier molecular flexibility index (Phi) is 2.56. The van der Waals surface area contributed by atoms with Crippen LogP contribution in [0.4, 0.5) is 0 Å². The summed E-state index contributed by atoms with van der Waals surface area (Å²) in [7, 11) is 1.76. The number of amides is 1. The normalized spacial score (nSPS) is 30.9. The maximum atomic E-state index is 12.5. The second kappa shape index (κ2) is 4.43. The molecule has 3 fully saturated rings. The molecule has 2 aliphatic carbocycles. The molecule has 2 aromatic heterocycles. The monoisotopic (exact) mass is 313 g/mol. The Morgan fingerprint density at radius 3 is 3.04 bits per heavy atom. The summed E-state index contributed by atoms with van der Waals surface area (Å²) in [5.74, 6) is 3.21. The molecule has 7 nitrogen and oxygen atoms in total. The summed E-state index contributed by atoms with van der Waals surface area (Å²) < 4.78 is 1.59. The second-order valence-electron chi connectivity index (χ2n) is 7.19. The molecule has 3 aliphatic rings. The zero-order valence-corrected chi connectivity index (χ0v) is 13.0. The van der Waals surface area contributed by atoms with E-state index in [-0.39, 0.29) is 11.5 Å². The average molecular weight is 313 g/mol. The molecular weight excluding hydrogens is 294 g/mol. The summed E-state index contributed by atoms with van der Waals surface area (Å²) in [4.78, 5) is 33.8. The van der Waals surface area contributed by atoms with Crippen molar-refractivity contribution in [3.63, 3.8) is 0 Å². The van der Waals surface area contributed by atoms with Gasteiger partial charge in [-0.25, -0.2) is 4.98 Å². The highest BCUT2D eigenvalue weighted by molar-refractivity contribution is 5.77. The Balaban J connectivity index is 1.32. The van der Waals surface area contributed by atoms with Gasteiger partial charge in [-0.1, -0.05) is 0 Å². The smallest absolute Gasteiger partial charge is 0.262 e. The zero-order chi connectivity index (χ0) is 15.7. The first-order valence-electron chi connectivity index (χ1n) is 8.32. The highest BCUT2D eigenvalue weighted by Gasteiger charge is 2.61. The lowest BCUT2D eigenvalue weighted by Crippen LogP contribution is -2.39. The first-order valence-corrected chi connectivity index (χ1v) is 8.32. The van der Waals surface area contributed by atoms with Crippen LogP contribution in [0.5, 0.6) is 0 Å². The van der Waals surface area contributed by atoms with Gasteiger partial charge in [0.2, 0.25) is 5.91 Å². The SMILES string of the molecule is Cn1ncc2c(=O)[nH]c(CCC(=O)N3C[C@@H]4C[C@H]3[C@H]3C[C@@H]43)nc21. The van der Waals surface area contributed by atoms with Crippen LogP contribution < -0.4 is 5.56 Å². The van der Waals surface area contributed by atoms with Crippen LogP contribution in [-0.2, 0) is 18.3 Å². The van der Waals surface area contributed by atoms with Crippen LogP contribution >= 0.6 is 0 Å². The van der Waals surface area contributed by atoms with Gasteiger partial charge in [-0.15, -0.1) is 0 Å². The predicted octanol–water partition coefficient (Wildman–Crippen LogP) is 0.456. The third-order valence-electron chi connectivity index (χ3n) is 5.91. The maximum Gasteiger partial charge on any atom is 0.262 e. The molecule has 0 spiro atoms. The molecule has 3 heterocycles. The average Bonchev–Trinajstić information content (AvgIpc) is 2.94. The number of fused-ring (bicyclic) bond motifs is 6. The summed E-state index contributed by atoms with van der Waals surface area (Å²) in [6, 6.07) is 0.490. The van der Waals surface area contributed by atoms with Gasteiger partial charge >= 0.3 is 0 Å². The van der Waals surface area contributed by atoms with Gasteiger partial charge in [0.15, 0.2) is 5.65 Å². The van der Waals surface area contributed by atoms with Gasteiger partial charge < -0.3 is 9.88 Å². The van der Waals surface area contributed by atoms with E-state index in [0.29, 0.717) is 35.7 Å². The second-order valence-corrected chi connectivity index (χ2v) is 7.19. The Labute approximate surface area is 132 Å². The molecule has 2 bridgehead atoms. The third-order valence-corrected chi connectivity index (χ3v) is 5.91. The number of aryl methyl sites for hydroxylation is 2. The number of aromatic amines is 1. The van der Waals surface area contributed by atoms with Crippen LogP contribution in [0.15, 0.2) is 11.0 Å². The van der Waals surface area contributed by atoms with Crippen molar-refractivity contribution in [2.75, 3.05) is 6.54 Å². The molecule has 2 aromatic rings. The molecule has 120 valence electrons. The Morgan fingerprint density at radius 2 is 2.26 bits per heavy atom. The topological polar surface area (TPSA) is 83.9 Å². The predicted molar refractivity (Wildman–Crippen MR) is 82.7 cm³/mol. The van der Waals surface area contributed by atoms with Gasteiger partial charge in [-0.2, -0.15) is 5.10 Å². The van der Waals surface area contributed by atoms with E-state index in [0.717, 1.165) is 24.3 Å². The number of H-pyrrole nitrogens is 1. The van der Waals surface area contributed by atoms with Crippen molar-refractivity contribution >= 4 is 16.9 Å². The third kappa shape index (κ3) is 1.88. The Morgan fingerprint density at radius 1 is 1.39 bits per heavy atom. The fourth-order valence-electron chi connectivity index (χ4n) is 4.69. The van der Waals surface area contributed by atoms with E-state index >= 15 is 0 Å². The Bertz CT molecular complexity index is 869. The molecule has 1 amide bonds. The largest absolute Gasteiger partial charge is 0.339 e. The number of nitrogens with one attached hydrogen (secondary N) is 1. The van der Waals surface area contributed by atoms with Crippen LogP contribution in [0, 0.1) is 17.8 Å². The molecular formula is C16H19N5O2. The van der Waals surface area contributed by atoms with E-state index < -0.39 is 0 Å². The fraction of sp³-hybridized carbons (Fsp3) is 0.625. The van der Waals surface area contributed by atoms with E-state index in [9.17, 15) is 9.59 Å². The summed E-state index contributed by atoms with van der Waals surface area (Å²) in [5.41, 5.74) is 0.379. The summed E-state index contributed by atoms with van der Waals surface area (Å²) in [5, 5.41) is 4.54. The number of likely N-dealkylation sites (tertiary alicyclic amines) is 1. The molecule has 0 radical (unpaired) electrons. The highest BCUT2D eigenvalue weighted by Crippen LogP contribution is 2.61. The van der Waals surface area contributed by atoms with Gasteiger partial charge in [-0.3, -0.25) is 14.3 Å². The first-order chi connectivity index (χ1) is 11.1. The maximum absolute atomic E-state index is 12.5. The molecule has 7 heteroatoms. The van der Waals surface area contributed by atoms with Gasteiger partial charge in [0.25, 0.3) is 5.56 Å². The summed E-state index contributed by atoms with van der Waals surface area (Å²) >= 11 is 0. The van der Waals surface area contributed by atoms with Crippen LogP contribution in [0.2, 0.25) is 0 Å². The lowest BCUT2D eigenvalue weighted by molar-refractivity contribution is -0.133. The number of nitrogens with zero attached hydrogens (tertiary/aromatic N) is 4. The quantitative estimate of drug-likeness (QED) is 0.892. The number of rotatable bonds is 3. The number of piperidine rings is 1.